The second-order valence-corrected chi connectivity index (χ2v) is 10.6. The molecule has 0 N–H and O–H groups in total. The smallest absolute Gasteiger partial charge is 0.410 e. The van der Waals surface area contributed by atoms with Crippen LogP contribution in [0.5, 0.6) is 0 Å². The number of carbonyl (C=O) groups is 1. The zero-order valence-electron chi connectivity index (χ0n) is 18.0. The predicted molar refractivity (Wildman–Crippen MR) is 117 cm³/mol. The molecule has 2 aliphatic heterocycles. The standard InChI is InChI=1S/C23H31Cl2NO4/c1-21(2,3)30-20(27)26-11-6-17(15-26)22(16-4-5-18(24)19(25)14-16)7-9-23(10-8-22)28-12-13-29-23/h4-5,14,17H,6-13,15H2,1-3H3. The molecule has 1 amide bonds. The molecule has 1 unspecified atom stereocenters. The first-order valence-electron chi connectivity index (χ1n) is 10.8. The van der Waals surface area contributed by atoms with E-state index >= 15 is 0 Å². The molecule has 3 fully saturated rings. The van der Waals surface area contributed by atoms with Gasteiger partial charge in [0.25, 0.3) is 0 Å². The first-order valence-corrected chi connectivity index (χ1v) is 11.6. The molecule has 1 spiro atoms. The SMILES string of the molecule is CC(C)(C)OC(=O)N1CCC(C2(c3ccc(Cl)c(Cl)c3)CCC3(CC2)OCCO3)C1. The van der Waals surface area contributed by atoms with Crippen molar-refractivity contribution >= 4 is 29.3 Å². The van der Waals surface area contributed by atoms with Crippen LogP contribution in [0.25, 0.3) is 0 Å². The molecule has 1 aromatic rings. The molecule has 2 heterocycles. The van der Waals surface area contributed by atoms with Gasteiger partial charge in [-0.15, -0.1) is 0 Å². The molecule has 1 atom stereocenters. The van der Waals surface area contributed by atoms with Crippen LogP contribution in [0.1, 0.15) is 58.4 Å². The number of carbonyl (C=O) groups excluding carboxylic acids is 1. The van der Waals surface area contributed by atoms with Gasteiger partial charge in [-0.1, -0.05) is 29.3 Å². The van der Waals surface area contributed by atoms with Crippen molar-refractivity contribution in [3.8, 4) is 0 Å². The van der Waals surface area contributed by atoms with Crippen molar-refractivity contribution in [3.63, 3.8) is 0 Å². The maximum atomic E-state index is 12.7. The van der Waals surface area contributed by atoms with Gasteiger partial charge in [-0.25, -0.2) is 4.79 Å². The summed E-state index contributed by atoms with van der Waals surface area (Å²) in [6.45, 7) is 8.42. The number of amides is 1. The normalized spacial score (nSPS) is 25.6. The number of halogens is 2. The Balaban J connectivity index is 1.59. The van der Waals surface area contributed by atoms with Gasteiger partial charge in [0.1, 0.15) is 5.60 Å². The Bertz CT molecular complexity index is 791. The van der Waals surface area contributed by atoms with Gasteiger partial charge in [0.05, 0.1) is 23.3 Å². The number of benzene rings is 1. The Morgan fingerprint density at radius 3 is 2.37 bits per heavy atom. The van der Waals surface area contributed by atoms with E-state index < -0.39 is 11.4 Å². The average Bonchev–Trinajstić information content (AvgIpc) is 3.34. The molecule has 0 aromatic heterocycles. The van der Waals surface area contributed by atoms with Crippen LogP contribution in [-0.2, 0) is 19.6 Å². The van der Waals surface area contributed by atoms with Crippen molar-refractivity contribution in [3.05, 3.63) is 33.8 Å². The highest BCUT2D eigenvalue weighted by atomic mass is 35.5. The summed E-state index contributed by atoms with van der Waals surface area (Å²) in [4.78, 5) is 14.5. The lowest BCUT2D eigenvalue weighted by Crippen LogP contribution is -2.47. The van der Waals surface area contributed by atoms with E-state index in [0.717, 1.165) is 32.1 Å². The topological polar surface area (TPSA) is 48.0 Å². The zero-order chi connectivity index (χ0) is 21.6. The average molecular weight is 456 g/mol. The molecule has 30 heavy (non-hydrogen) atoms. The van der Waals surface area contributed by atoms with Gasteiger partial charge in [-0.2, -0.15) is 0 Å². The van der Waals surface area contributed by atoms with E-state index in [-0.39, 0.29) is 11.5 Å². The maximum absolute atomic E-state index is 12.7. The zero-order valence-corrected chi connectivity index (χ0v) is 19.5. The molecule has 0 bridgehead atoms. The lowest BCUT2D eigenvalue weighted by molar-refractivity contribution is -0.188. The molecule has 166 valence electrons. The molecule has 5 nitrogen and oxygen atoms in total. The third kappa shape index (κ3) is 4.32. The third-order valence-electron chi connectivity index (χ3n) is 6.83. The van der Waals surface area contributed by atoms with Crippen LogP contribution in [0.3, 0.4) is 0 Å². The quantitative estimate of drug-likeness (QED) is 0.564. The summed E-state index contributed by atoms with van der Waals surface area (Å²) < 4.78 is 17.6. The van der Waals surface area contributed by atoms with Crippen LogP contribution >= 0.6 is 23.2 Å². The minimum atomic E-state index is -0.495. The third-order valence-corrected chi connectivity index (χ3v) is 7.57. The van der Waals surface area contributed by atoms with Gasteiger partial charge in [0, 0.05) is 31.3 Å². The van der Waals surface area contributed by atoms with Gasteiger partial charge in [0.2, 0.25) is 0 Å². The predicted octanol–water partition coefficient (Wildman–Crippen LogP) is 5.81. The fraction of sp³-hybridized carbons (Fsp3) is 0.696. The molecule has 0 radical (unpaired) electrons. The summed E-state index contributed by atoms with van der Waals surface area (Å²) in [5.41, 5.74) is 0.608. The molecule has 1 aliphatic carbocycles. The van der Waals surface area contributed by atoms with E-state index in [9.17, 15) is 4.79 Å². The maximum Gasteiger partial charge on any atom is 0.410 e. The highest BCUT2D eigenvalue weighted by Crippen LogP contribution is 2.53. The second-order valence-electron chi connectivity index (χ2n) is 9.80. The minimum Gasteiger partial charge on any atom is -0.444 e. The minimum absolute atomic E-state index is 0.0917. The summed E-state index contributed by atoms with van der Waals surface area (Å²) in [7, 11) is 0. The molecule has 1 aromatic carbocycles. The van der Waals surface area contributed by atoms with Gasteiger partial charge in [-0.3, -0.25) is 0 Å². The van der Waals surface area contributed by atoms with E-state index in [2.05, 4.69) is 6.07 Å². The highest BCUT2D eigenvalue weighted by molar-refractivity contribution is 6.42. The van der Waals surface area contributed by atoms with Crippen LogP contribution in [0.4, 0.5) is 4.79 Å². The van der Waals surface area contributed by atoms with E-state index in [1.54, 1.807) is 0 Å². The van der Waals surface area contributed by atoms with Crippen LogP contribution in [-0.4, -0.2) is 48.7 Å². The van der Waals surface area contributed by atoms with Crippen LogP contribution in [0, 0.1) is 5.92 Å². The van der Waals surface area contributed by atoms with Crippen molar-refractivity contribution in [2.45, 2.75) is 69.7 Å². The molecular formula is C23H31Cl2NO4. The van der Waals surface area contributed by atoms with E-state index in [1.807, 2.05) is 37.8 Å². The lowest BCUT2D eigenvalue weighted by Gasteiger charge is -2.47. The molecule has 7 heteroatoms. The van der Waals surface area contributed by atoms with Crippen LogP contribution in [0.15, 0.2) is 18.2 Å². The fourth-order valence-corrected chi connectivity index (χ4v) is 5.60. The molecule has 2 saturated heterocycles. The molecule has 1 saturated carbocycles. The Labute approximate surface area is 188 Å². The van der Waals surface area contributed by atoms with Gasteiger partial charge in [0.15, 0.2) is 5.79 Å². The van der Waals surface area contributed by atoms with Crippen molar-refractivity contribution < 1.29 is 19.0 Å². The number of hydrogen-bond donors (Lipinski definition) is 0. The number of rotatable bonds is 2. The van der Waals surface area contributed by atoms with Crippen molar-refractivity contribution in [1.29, 1.82) is 0 Å². The second kappa shape index (κ2) is 8.16. The van der Waals surface area contributed by atoms with Gasteiger partial charge >= 0.3 is 6.09 Å². The summed E-state index contributed by atoms with van der Waals surface area (Å²) in [6, 6.07) is 5.99. The number of likely N-dealkylation sites (tertiary alicyclic amines) is 1. The number of ether oxygens (including phenoxy) is 3. The van der Waals surface area contributed by atoms with Gasteiger partial charge < -0.3 is 19.1 Å². The van der Waals surface area contributed by atoms with Crippen molar-refractivity contribution in [2.75, 3.05) is 26.3 Å². The summed E-state index contributed by atoms with van der Waals surface area (Å²) in [6.07, 6.45) is 4.25. The number of nitrogens with zero attached hydrogens (tertiary/aromatic N) is 1. The molecular weight excluding hydrogens is 425 g/mol. The monoisotopic (exact) mass is 455 g/mol. The largest absolute Gasteiger partial charge is 0.444 e. The summed E-state index contributed by atoms with van der Waals surface area (Å²) >= 11 is 12.6. The molecule has 4 rings (SSSR count). The van der Waals surface area contributed by atoms with Crippen LogP contribution in [0.2, 0.25) is 10.0 Å². The van der Waals surface area contributed by atoms with Gasteiger partial charge in [-0.05, 0) is 63.6 Å². The first-order chi connectivity index (χ1) is 14.1. The van der Waals surface area contributed by atoms with Crippen LogP contribution < -0.4 is 0 Å². The van der Waals surface area contributed by atoms with E-state index in [4.69, 9.17) is 37.4 Å². The highest BCUT2D eigenvalue weighted by Gasteiger charge is 2.52. The van der Waals surface area contributed by atoms with E-state index in [0.29, 0.717) is 42.3 Å². The number of hydrogen-bond acceptors (Lipinski definition) is 4. The Morgan fingerprint density at radius 1 is 1.10 bits per heavy atom. The Kier molecular flexibility index (Phi) is 6.04. The summed E-state index contributed by atoms with van der Waals surface area (Å²) in [5, 5.41) is 1.14. The fourth-order valence-electron chi connectivity index (χ4n) is 5.30. The lowest BCUT2D eigenvalue weighted by atomic mass is 9.60. The summed E-state index contributed by atoms with van der Waals surface area (Å²) in [5.74, 6) is -0.121. The first kappa shape index (κ1) is 22.2. The molecule has 3 aliphatic rings. The van der Waals surface area contributed by atoms with Crippen molar-refractivity contribution in [1.82, 2.24) is 4.90 Å². The van der Waals surface area contributed by atoms with Crippen molar-refractivity contribution in [2.24, 2.45) is 5.92 Å². The van der Waals surface area contributed by atoms with E-state index in [1.165, 1.54) is 5.56 Å². The Hall–Kier alpha value is -1.01. The Morgan fingerprint density at radius 2 is 1.77 bits per heavy atom.